The second-order valence-corrected chi connectivity index (χ2v) is 20.4. The van der Waals surface area contributed by atoms with Crippen molar-refractivity contribution in [3.63, 3.8) is 0 Å². The lowest BCUT2D eigenvalue weighted by Gasteiger charge is -2.16. The highest BCUT2D eigenvalue weighted by atomic mass is 32.2. The van der Waals surface area contributed by atoms with Crippen molar-refractivity contribution in [1.82, 2.24) is 9.97 Å². The predicted octanol–water partition coefficient (Wildman–Crippen LogP) is 11.8. The van der Waals surface area contributed by atoms with Gasteiger partial charge in [-0.15, -0.1) is 6.42 Å². The van der Waals surface area contributed by atoms with E-state index in [0.29, 0.717) is 60.0 Å². The minimum absolute atomic E-state index is 0.0808. The molecule has 75 heavy (non-hydrogen) atoms. The summed E-state index contributed by atoms with van der Waals surface area (Å²) < 4.78 is 77.0. The van der Waals surface area contributed by atoms with E-state index < -0.39 is 45.9 Å². The molecule has 1 aromatic heterocycles. The SMILES string of the molecule is C#Cc1cccc(Nc2ncnc3cc(OCCOC(=O)CC4=C(C)/C(=C\c5ccc([S+](C)[O-])cc5)c5ccc(F)cc54)c(OCCOC(=O)CC4=C(C)/C(=C\c5ccc([S+](C)[O-])cc5)c5ccc(F)cc54)cc23)c1. The molecule has 0 saturated carbocycles. The molecule has 378 valence electrons. The van der Waals surface area contributed by atoms with Crippen molar-refractivity contribution < 1.29 is 46.4 Å². The van der Waals surface area contributed by atoms with Gasteiger partial charge in [0.2, 0.25) is 0 Å². The van der Waals surface area contributed by atoms with Crippen LogP contribution in [-0.4, -0.2) is 70.0 Å². The Morgan fingerprint density at radius 2 is 1.15 bits per heavy atom. The number of nitrogens with one attached hydrogen (secondary N) is 1. The number of benzene rings is 6. The predicted molar refractivity (Wildman–Crippen MR) is 291 cm³/mol. The average Bonchev–Trinajstić information content (AvgIpc) is 3.80. The first-order valence-corrected chi connectivity index (χ1v) is 26.8. The molecule has 0 amide bonds. The Morgan fingerprint density at radius 1 is 0.640 bits per heavy atom. The summed E-state index contributed by atoms with van der Waals surface area (Å²) in [6, 6.07) is 34.3. The van der Waals surface area contributed by atoms with Gasteiger partial charge in [0.15, 0.2) is 21.3 Å². The molecule has 1 heterocycles. The van der Waals surface area contributed by atoms with Crippen molar-refractivity contribution in [2.45, 2.75) is 36.5 Å². The fourth-order valence-electron chi connectivity index (χ4n) is 9.03. The summed E-state index contributed by atoms with van der Waals surface area (Å²) in [5.41, 5.74) is 10.9. The molecule has 0 bridgehead atoms. The quantitative estimate of drug-likeness (QED) is 0.0378. The molecule has 1 N–H and O–H groups in total. The number of hydrogen-bond acceptors (Lipinski definition) is 11. The topological polar surface area (TPSA) is 155 Å². The first kappa shape index (κ1) is 51.9. The molecule has 0 spiro atoms. The summed E-state index contributed by atoms with van der Waals surface area (Å²) in [7, 11) is 0. The number of nitrogens with zero attached hydrogens (tertiary/aromatic N) is 2. The fourth-order valence-corrected chi connectivity index (χ4v) is 10.1. The number of allylic oxidation sites excluding steroid dienone is 4. The zero-order valence-corrected chi connectivity index (χ0v) is 43.0. The lowest BCUT2D eigenvalue weighted by molar-refractivity contribution is -0.144. The van der Waals surface area contributed by atoms with E-state index >= 15 is 0 Å². The van der Waals surface area contributed by atoms with Gasteiger partial charge >= 0.3 is 11.9 Å². The number of hydrogen-bond donors (Lipinski definition) is 1. The Bertz CT molecular complexity index is 3530. The molecule has 2 aliphatic carbocycles. The van der Waals surface area contributed by atoms with Crippen LogP contribution < -0.4 is 14.8 Å². The van der Waals surface area contributed by atoms with Gasteiger partial charge in [-0.25, -0.2) is 18.7 Å². The van der Waals surface area contributed by atoms with Crippen LogP contribution in [0.2, 0.25) is 0 Å². The van der Waals surface area contributed by atoms with E-state index in [1.807, 2.05) is 68.5 Å². The van der Waals surface area contributed by atoms with Gasteiger partial charge in [0.05, 0.1) is 18.4 Å². The van der Waals surface area contributed by atoms with Crippen LogP contribution in [0.3, 0.4) is 0 Å². The normalized spacial score (nSPS) is 14.7. The van der Waals surface area contributed by atoms with Gasteiger partial charge in [-0.2, -0.15) is 0 Å². The van der Waals surface area contributed by atoms with Crippen LogP contribution >= 0.6 is 0 Å². The summed E-state index contributed by atoms with van der Waals surface area (Å²) >= 11 is -2.25. The monoisotopic (exact) mass is 1040 g/mol. The minimum atomic E-state index is -1.13. The molecule has 2 atom stereocenters. The maximum Gasteiger partial charge on any atom is 0.310 e. The minimum Gasteiger partial charge on any atom is -0.612 e. The molecule has 15 heteroatoms. The van der Waals surface area contributed by atoms with Crippen LogP contribution in [0.5, 0.6) is 11.5 Å². The van der Waals surface area contributed by atoms with Gasteiger partial charge in [0.25, 0.3) is 0 Å². The lowest BCUT2D eigenvalue weighted by Crippen LogP contribution is -2.14. The first-order chi connectivity index (χ1) is 36.2. The molecule has 2 unspecified atom stereocenters. The average molecular weight is 1040 g/mol. The van der Waals surface area contributed by atoms with Crippen molar-refractivity contribution in [2.24, 2.45) is 0 Å². The number of rotatable bonds is 18. The van der Waals surface area contributed by atoms with E-state index in [-0.39, 0.29) is 50.8 Å². The molecule has 6 aromatic carbocycles. The Balaban J connectivity index is 0.886. The number of fused-ring (bicyclic) bond motifs is 3. The van der Waals surface area contributed by atoms with E-state index in [9.17, 15) is 27.5 Å². The van der Waals surface area contributed by atoms with Crippen LogP contribution in [-0.2, 0) is 41.4 Å². The summed E-state index contributed by atoms with van der Waals surface area (Å²) in [5.74, 6) is 1.64. The molecule has 11 nitrogen and oxygen atoms in total. The first-order valence-electron chi connectivity index (χ1n) is 23.7. The lowest BCUT2D eigenvalue weighted by atomic mass is 10.0. The Labute approximate surface area is 439 Å². The number of terminal acetylenes is 1. The molecular weight excluding hydrogens is 993 g/mol. The molecule has 7 aromatic rings. The van der Waals surface area contributed by atoms with Gasteiger partial charge in [0.1, 0.15) is 62.7 Å². The molecule has 0 radical (unpaired) electrons. The van der Waals surface area contributed by atoms with Crippen LogP contribution in [0.1, 0.15) is 65.6 Å². The zero-order valence-electron chi connectivity index (χ0n) is 41.3. The summed E-state index contributed by atoms with van der Waals surface area (Å²) in [6.45, 7) is 3.31. The molecule has 2 aliphatic rings. The van der Waals surface area contributed by atoms with Gasteiger partial charge in [-0.3, -0.25) is 9.59 Å². The second kappa shape index (κ2) is 23.0. The van der Waals surface area contributed by atoms with Crippen LogP contribution in [0.4, 0.5) is 20.3 Å². The maximum absolute atomic E-state index is 14.7. The van der Waals surface area contributed by atoms with Crippen LogP contribution in [0.25, 0.3) is 45.3 Å². The second-order valence-electron chi connectivity index (χ2n) is 17.6. The number of carbonyl (C=O) groups is 2. The molecular formula is C60H49F2N3O8S2. The third kappa shape index (κ3) is 12.0. The van der Waals surface area contributed by atoms with E-state index in [1.165, 1.54) is 30.6 Å². The Kier molecular flexibility index (Phi) is 15.9. The van der Waals surface area contributed by atoms with Gasteiger partial charge in [-0.1, -0.05) is 24.1 Å². The molecule has 0 saturated heterocycles. The largest absolute Gasteiger partial charge is 0.612 e. The number of carbonyl (C=O) groups excluding carboxylic acids is 2. The van der Waals surface area contributed by atoms with E-state index in [1.54, 1.807) is 67.1 Å². The molecule has 9 rings (SSSR count). The number of anilines is 2. The maximum atomic E-state index is 14.7. The highest BCUT2D eigenvalue weighted by molar-refractivity contribution is 7.91. The number of esters is 2. The smallest absolute Gasteiger partial charge is 0.310 e. The van der Waals surface area contributed by atoms with E-state index in [2.05, 4.69) is 21.2 Å². The van der Waals surface area contributed by atoms with E-state index in [0.717, 1.165) is 44.5 Å². The number of ether oxygens (including phenoxy) is 4. The van der Waals surface area contributed by atoms with Gasteiger partial charge < -0.3 is 33.4 Å². The van der Waals surface area contributed by atoms with Crippen molar-refractivity contribution in [3.8, 4) is 23.8 Å². The highest BCUT2D eigenvalue weighted by Gasteiger charge is 2.28. The van der Waals surface area contributed by atoms with Crippen LogP contribution in [0.15, 0.2) is 149 Å². The third-order valence-electron chi connectivity index (χ3n) is 12.8. The summed E-state index contributed by atoms with van der Waals surface area (Å²) in [4.78, 5) is 37.3. The molecule has 0 fully saturated rings. The fraction of sp³-hybridized carbons (Fsp3) is 0.167. The number of halogens is 2. The third-order valence-corrected chi connectivity index (χ3v) is 14.7. The van der Waals surface area contributed by atoms with Crippen molar-refractivity contribution in [2.75, 3.05) is 44.3 Å². The van der Waals surface area contributed by atoms with Crippen molar-refractivity contribution >= 4 is 91.1 Å². The summed E-state index contributed by atoms with van der Waals surface area (Å²) in [6.07, 6.45) is 14.0. The van der Waals surface area contributed by atoms with Crippen molar-refractivity contribution in [1.29, 1.82) is 0 Å². The number of aromatic nitrogens is 2. The Hall–Kier alpha value is -8.00. The Morgan fingerprint density at radius 3 is 1.64 bits per heavy atom. The highest BCUT2D eigenvalue weighted by Crippen LogP contribution is 2.46. The zero-order chi connectivity index (χ0) is 52.8. The van der Waals surface area contributed by atoms with Crippen molar-refractivity contribution in [3.05, 3.63) is 189 Å². The summed E-state index contributed by atoms with van der Waals surface area (Å²) in [5, 5.41) is 3.87. The molecule has 0 aliphatic heterocycles. The van der Waals surface area contributed by atoms with Gasteiger partial charge in [0, 0.05) is 22.7 Å². The van der Waals surface area contributed by atoms with Gasteiger partial charge in [-0.05, 0) is 212 Å². The van der Waals surface area contributed by atoms with Crippen LogP contribution in [0, 0.1) is 24.0 Å². The standard InChI is InChI=1S/C60H49F2N3O8S2/c1-6-38-8-7-9-43(26-38)65-60-54-31-56(70-22-24-72-58(66)32-50-36(2)48(46-20-14-41(61)29-52(46)50)27-39-10-16-44(17-11-39)74(4)68)57(34-55(54)63-35-64-60)71-23-25-73-59(67)33-51-37(3)49(47-21-15-42(62)30-53(47)51)28-40-12-18-45(19-13-40)75(5)69/h1,7-21,26-31,34-35H,22-25,32-33H2,2-5H3,(H,63,64,65)/b48-27+,49-28+. The van der Waals surface area contributed by atoms with E-state index in [4.69, 9.17) is 25.4 Å².